The maximum absolute atomic E-state index is 13.4. The van der Waals surface area contributed by atoms with Crippen molar-refractivity contribution >= 4 is 99.3 Å². The summed E-state index contributed by atoms with van der Waals surface area (Å²) < 4.78 is 270. The molecular formula is C45H40F10O23S4. The minimum atomic E-state index is -7.10. The highest BCUT2D eigenvalue weighted by Crippen LogP contribution is 2.51. The van der Waals surface area contributed by atoms with Crippen molar-refractivity contribution in [1.82, 2.24) is 0 Å². The number of benzene rings is 4. The SMILES string of the molecule is C=Cc1ccc(OC(=O)COC(=O)C(F)(F)S(=O)(=O)O)cc1.C=Cc1ccc(OCOS(=O)(=O)C(F)(F)C(F)(F)C(F)(F)S(=O)(=O)O)cc1.C=Cc1ccc2cc(OC(=O)CCCC(=O)OCCOC(=O)C(F)(F)S(=O)(=O)O)ccc2c1. The fourth-order valence-electron chi connectivity index (χ4n) is 5.11. The number of fused-ring (bicyclic) bond motifs is 1. The number of hydrogen-bond acceptors (Lipinski definition) is 20. The van der Waals surface area contributed by atoms with Crippen LogP contribution in [0.1, 0.15) is 36.0 Å². The van der Waals surface area contributed by atoms with Crippen molar-refractivity contribution in [3.63, 3.8) is 0 Å². The predicted molar refractivity (Wildman–Crippen MR) is 260 cm³/mol. The van der Waals surface area contributed by atoms with Crippen LogP contribution in [0.2, 0.25) is 0 Å². The van der Waals surface area contributed by atoms with Gasteiger partial charge in [0.2, 0.25) is 6.79 Å². The van der Waals surface area contributed by atoms with Gasteiger partial charge in [-0.15, -0.1) is 0 Å². The molecule has 0 amide bonds. The van der Waals surface area contributed by atoms with Gasteiger partial charge in [-0.1, -0.05) is 80.4 Å². The van der Waals surface area contributed by atoms with E-state index in [1.54, 1.807) is 36.4 Å². The van der Waals surface area contributed by atoms with Gasteiger partial charge in [0.1, 0.15) is 30.5 Å². The van der Waals surface area contributed by atoms with Crippen LogP contribution in [0.3, 0.4) is 0 Å². The molecule has 0 heterocycles. The van der Waals surface area contributed by atoms with Crippen molar-refractivity contribution in [3.05, 3.63) is 121 Å². The second-order valence-electron chi connectivity index (χ2n) is 15.2. The summed E-state index contributed by atoms with van der Waals surface area (Å²) in [5.41, 5.74) is 2.27. The summed E-state index contributed by atoms with van der Waals surface area (Å²) in [5.74, 6) is -14.5. The third-order valence-electron chi connectivity index (χ3n) is 9.35. The van der Waals surface area contributed by atoms with E-state index in [1.807, 2.05) is 18.2 Å². The molecule has 0 bridgehead atoms. The van der Waals surface area contributed by atoms with Gasteiger partial charge in [-0.25, -0.2) is 18.6 Å². The number of carbonyl (C=O) groups excluding carboxylic acids is 5. The van der Waals surface area contributed by atoms with E-state index in [0.717, 1.165) is 21.9 Å². The quantitative estimate of drug-likeness (QED) is 0.00824. The van der Waals surface area contributed by atoms with E-state index < -0.39 is 124 Å². The van der Waals surface area contributed by atoms with Crippen LogP contribution in [0.4, 0.5) is 43.9 Å². The Balaban J connectivity index is 0.000000429. The summed E-state index contributed by atoms with van der Waals surface area (Å²) >= 11 is 0. The van der Waals surface area contributed by atoms with Crippen LogP contribution < -0.4 is 14.2 Å². The highest BCUT2D eigenvalue weighted by molar-refractivity contribution is 7.89. The number of carbonyl (C=O) groups is 5. The van der Waals surface area contributed by atoms with E-state index >= 15 is 0 Å². The number of alkyl halides is 10. The molecule has 0 spiro atoms. The Morgan fingerprint density at radius 3 is 1.38 bits per heavy atom. The summed E-state index contributed by atoms with van der Waals surface area (Å²) in [6.07, 6.45) is 4.43. The molecule has 0 aromatic heterocycles. The van der Waals surface area contributed by atoms with Crippen molar-refractivity contribution in [2.45, 2.75) is 46.2 Å². The molecule has 0 aliphatic heterocycles. The average Bonchev–Trinajstić information content (AvgIpc) is 3.59. The molecule has 0 atom stereocenters. The fraction of sp³-hybridized carbons (Fsp3) is 0.267. The third kappa shape index (κ3) is 19.0. The van der Waals surface area contributed by atoms with Crippen molar-refractivity contribution in [2.75, 3.05) is 26.6 Å². The molecule has 23 nitrogen and oxygen atoms in total. The molecule has 0 saturated carbocycles. The zero-order valence-electron chi connectivity index (χ0n) is 40.8. The van der Waals surface area contributed by atoms with Crippen LogP contribution in [-0.2, 0) is 82.8 Å². The molecule has 0 fully saturated rings. The second kappa shape index (κ2) is 28.4. The summed E-state index contributed by atoms with van der Waals surface area (Å²) in [7, 11) is -25.9. The van der Waals surface area contributed by atoms with Crippen molar-refractivity contribution < 1.29 is 148 Å². The summed E-state index contributed by atoms with van der Waals surface area (Å²) in [5, 5.41) is -22.1. The van der Waals surface area contributed by atoms with Crippen LogP contribution in [0.5, 0.6) is 17.2 Å². The smallest absolute Gasteiger partial charge is 0.465 e. The molecule has 0 radical (unpaired) electrons. The van der Waals surface area contributed by atoms with E-state index in [0.29, 0.717) is 11.3 Å². The lowest BCUT2D eigenvalue weighted by atomic mass is 10.1. The predicted octanol–water partition coefficient (Wildman–Crippen LogP) is 7.11. The molecule has 0 saturated heterocycles. The van der Waals surface area contributed by atoms with Crippen LogP contribution >= 0.6 is 0 Å². The van der Waals surface area contributed by atoms with Crippen LogP contribution in [0.25, 0.3) is 29.0 Å². The molecule has 0 aliphatic carbocycles. The maximum atomic E-state index is 13.4. The van der Waals surface area contributed by atoms with Gasteiger partial charge in [0.05, 0.1) is 0 Å². The normalized spacial score (nSPS) is 12.4. The summed E-state index contributed by atoms with van der Waals surface area (Å²) in [6, 6.07) is 21.8. The molecule has 0 unspecified atom stereocenters. The van der Waals surface area contributed by atoms with Crippen LogP contribution in [0, 0.1) is 0 Å². The first-order valence-corrected chi connectivity index (χ1v) is 27.1. The van der Waals surface area contributed by atoms with Gasteiger partial charge in [0, 0.05) is 12.8 Å². The second-order valence-corrected chi connectivity index (χ2v) is 21.2. The molecule has 4 aromatic rings. The summed E-state index contributed by atoms with van der Waals surface area (Å²) in [4.78, 5) is 56.6. The zero-order valence-corrected chi connectivity index (χ0v) is 44.1. The number of esters is 5. The lowest BCUT2D eigenvalue weighted by molar-refractivity contribution is -0.248. The largest absolute Gasteiger partial charge is 0.466 e. The first kappa shape index (κ1) is 70.6. The highest BCUT2D eigenvalue weighted by Gasteiger charge is 2.82. The van der Waals surface area contributed by atoms with E-state index in [-0.39, 0.29) is 30.8 Å². The lowest BCUT2D eigenvalue weighted by Gasteiger charge is -2.29. The molecular weight excluding hydrogens is 1230 g/mol. The topological polar surface area (TPSA) is 347 Å². The highest BCUT2D eigenvalue weighted by atomic mass is 32.2. The Morgan fingerprint density at radius 2 is 0.890 bits per heavy atom. The molecule has 37 heteroatoms. The maximum Gasteiger partial charge on any atom is 0.465 e. The standard InChI is InChI=1S/C21H20F2O9S.C12H10F6O7S2.C12H10F2O7S/c1-2-14-6-7-16-13-17(9-8-15(16)12-14)32-19(25)5-3-4-18(24)30-10-11-31-20(26)21(22,23)33(27,28)29;1-2-8-3-5-9(6-4-8)24-7-25-27(22,23)12(17,18)10(13,14)11(15,16)26(19,20)21;1-2-8-3-5-9(6-4-8)21-10(15)7-20-11(16)12(13,14)22(17,18)19/h2,6-9,12-13H,1,3-5,10-11H2,(H,27,28,29);2-6H,1,7H2,(H,19,20,21);2-6H,1,7H2,(H,17,18,19). The zero-order chi connectivity index (χ0) is 62.9. The molecule has 452 valence electrons. The van der Waals surface area contributed by atoms with Gasteiger partial charge in [-0.05, 0) is 76.3 Å². The Morgan fingerprint density at radius 1 is 0.476 bits per heavy atom. The third-order valence-corrected chi connectivity index (χ3v) is 13.2. The van der Waals surface area contributed by atoms with E-state index in [1.165, 1.54) is 48.6 Å². The average molecular weight is 1270 g/mol. The van der Waals surface area contributed by atoms with Crippen LogP contribution in [-0.4, -0.2) is 131 Å². The monoisotopic (exact) mass is 1270 g/mol. The number of rotatable bonds is 26. The first-order valence-electron chi connectivity index (χ1n) is 21.4. The molecule has 82 heavy (non-hydrogen) atoms. The number of ether oxygens (including phenoxy) is 6. The van der Waals surface area contributed by atoms with Crippen molar-refractivity contribution in [3.8, 4) is 17.2 Å². The van der Waals surface area contributed by atoms with Gasteiger partial charge in [0.15, 0.2) is 6.61 Å². The van der Waals surface area contributed by atoms with Gasteiger partial charge in [-0.2, -0.15) is 77.6 Å². The first-order chi connectivity index (χ1) is 37.5. The van der Waals surface area contributed by atoms with Crippen molar-refractivity contribution in [1.29, 1.82) is 0 Å². The molecule has 4 aromatic carbocycles. The minimum Gasteiger partial charge on any atom is -0.466 e. The van der Waals surface area contributed by atoms with Crippen molar-refractivity contribution in [2.24, 2.45) is 0 Å². The minimum absolute atomic E-state index is 0.0492. The Kier molecular flexibility index (Phi) is 24.5. The molecule has 0 aliphatic rings. The Bertz CT molecular complexity index is 3450. The van der Waals surface area contributed by atoms with Gasteiger partial charge < -0.3 is 28.4 Å². The van der Waals surface area contributed by atoms with Gasteiger partial charge in [0.25, 0.3) is 0 Å². The fourth-order valence-corrected chi connectivity index (χ4v) is 6.93. The van der Waals surface area contributed by atoms with Crippen LogP contribution in [0.15, 0.2) is 105 Å². The number of halogens is 10. The molecule has 3 N–H and O–H groups in total. The van der Waals surface area contributed by atoms with E-state index in [4.69, 9.17) is 18.4 Å². The Labute approximate surface area is 457 Å². The summed E-state index contributed by atoms with van der Waals surface area (Å²) in [6.45, 7) is 6.27. The lowest BCUT2D eigenvalue weighted by Crippen LogP contribution is -2.60. The Hall–Kier alpha value is -7.55. The van der Waals surface area contributed by atoms with E-state index in [9.17, 15) is 102 Å². The van der Waals surface area contributed by atoms with Gasteiger partial charge >= 0.3 is 97.3 Å². The molecule has 4 rings (SSSR count). The number of hydrogen-bond donors (Lipinski definition) is 3. The van der Waals surface area contributed by atoms with Gasteiger partial charge in [-0.3, -0.25) is 23.2 Å². The van der Waals surface area contributed by atoms with E-state index in [2.05, 4.69) is 47.6 Å².